The van der Waals surface area contributed by atoms with Gasteiger partial charge in [0.1, 0.15) is 16.4 Å². The van der Waals surface area contributed by atoms with Crippen molar-refractivity contribution in [2.75, 3.05) is 12.3 Å². The number of anilines is 1. The lowest BCUT2D eigenvalue weighted by Crippen LogP contribution is -2.10. The van der Waals surface area contributed by atoms with E-state index in [4.69, 9.17) is 10.5 Å². The molecule has 3 aromatic rings. The maximum atomic E-state index is 11.7. The largest absolute Gasteiger partial charge is 0.462 e. The van der Waals surface area contributed by atoms with Gasteiger partial charge in [0.05, 0.1) is 12.3 Å². The quantitative estimate of drug-likeness (QED) is 0.389. The van der Waals surface area contributed by atoms with E-state index in [1.54, 1.807) is 18.3 Å². The van der Waals surface area contributed by atoms with Crippen molar-refractivity contribution in [2.45, 2.75) is 24.8 Å². The highest BCUT2D eigenvalue weighted by molar-refractivity contribution is 7.98. The number of carbonyl (C=O) groups excluding carboxylic acids is 1. The van der Waals surface area contributed by atoms with Gasteiger partial charge in [0.15, 0.2) is 5.16 Å². The molecule has 134 valence electrons. The molecule has 0 spiro atoms. The molecule has 0 aliphatic heterocycles. The molecule has 3 rings (SSSR count). The summed E-state index contributed by atoms with van der Waals surface area (Å²) in [6.45, 7) is 4.08. The lowest BCUT2D eigenvalue weighted by Gasteiger charge is -2.05. The number of benzene rings is 1. The predicted molar refractivity (Wildman–Crippen MR) is 104 cm³/mol. The third-order valence-corrected chi connectivity index (χ3v) is 5.33. The smallest absolute Gasteiger partial charge is 0.343 e. The van der Waals surface area contributed by atoms with E-state index in [2.05, 4.69) is 46.1 Å². The first kappa shape index (κ1) is 18.3. The van der Waals surface area contributed by atoms with Gasteiger partial charge in [0.2, 0.25) is 0 Å². The Bertz CT molecular complexity index is 910. The first-order valence-electron chi connectivity index (χ1n) is 8.00. The summed E-state index contributed by atoms with van der Waals surface area (Å²) in [5.41, 5.74) is 9.30. The monoisotopic (exact) mass is 386 g/mol. The van der Waals surface area contributed by atoms with E-state index in [0.717, 1.165) is 16.3 Å². The van der Waals surface area contributed by atoms with Crippen LogP contribution in [0, 0.1) is 6.92 Å². The predicted octanol–water partition coefficient (Wildman–Crippen LogP) is 3.96. The highest BCUT2D eigenvalue weighted by Crippen LogP contribution is 2.27. The van der Waals surface area contributed by atoms with Crippen molar-refractivity contribution < 1.29 is 9.53 Å². The van der Waals surface area contributed by atoms with E-state index in [0.29, 0.717) is 10.9 Å². The van der Waals surface area contributed by atoms with E-state index >= 15 is 0 Å². The van der Waals surface area contributed by atoms with E-state index < -0.39 is 5.97 Å². The maximum Gasteiger partial charge on any atom is 0.343 e. The summed E-state index contributed by atoms with van der Waals surface area (Å²) in [5, 5.41) is 3.51. The van der Waals surface area contributed by atoms with Gasteiger partial charge in [-0.2, -0.15) is 0 Å². The van der Waals surface area contributed by atoms with Crippen molar-refractivity contribution in [1.82, 2.24) is 15.0 Å². The minimum absolute atomic E-state index is 0.125. The van der Waals surface area contributed by atoms with Gasteiger partial charge in [0, 0.05) is 22.9 Å². The molecule has 1 aromatic carbocycles. The first-order valence-corrected chi connectivity index (χ1v) is 9.87. The van der Waals surface area contributed by atoms with Crippen LogP contribution in [-0.2, 0) is 10.5 Å². The fraction of sp³-hybridized carbons (Fsp3) is 0.222. The zero-order valence-corrected chi connectivity index (χ0v) is 16.1. The third kappa shape index (κ3) is 4.39. The molecule has 0 fully saturated rings. The Kier molecular flexibility index (Phi) is 5.85. The number of nitrogen functional groups attached to an aromatic ring is 1. The van der Waals surface area contributed by atoms with Crippen molar-refractivity contribution in [2.24, 2.45) is 0 Å². The number of nitrogens with zero attached hydrogens (tertiary/aromatic N) is 3. The summed E-state index contributed by atoms with van der Waals surface area (Å²) in [6.07, 6.45) is 1.40. The second-order valence-electron chi connectivity index (χ2n) is 5.47. The number of hydrogen-bond donors (Lipinski definition) is 1. The van der Waals surface area contributed by atoms with Crippen LogP contribution in [0.25, 0.3) is 10.6 Å². The van der Waals surface area contributed by atoms with Crippen LogP contribution in [0.5, 0.6) is 0 Å². The van der Waals surface area contributed by atoms with Crippen LogP contribution in [0.15, 0.2) is 41.0 Å². The Morgan fingerprint density at radius 2 is 2.04 bits per heavy atom. The molecule has 0 radical (unpaired) electrons. The lowest BCUT2D eigenvalue weighted by atomic mass is 10.2. The van der Waals surface area contributed by atoms with Gasteiger partial charge < -0.3 is 10.5 Å². The fourth-order valence-electron chi connectivity index (χ4n) is 2.15. The summed E-state index contributed by atoms with van der Waals surface area (Å²) in [7, 11) is 0. The summed E-state index contributed by atoms with van der Waals surface area (Å²) < 4.78 is 4.92. The Morgan fingerprint density at radius 3 is 2.73 bits per heavy atom. The number of ether oxygens (including phenoxy) is 1. The van der Waals surface area contributed by atoms with Crippen molar-refractivity contribution in [3.63, 3.8) is 0 Å². The minimum atomic E-state index is -0.510. The highest BCUT2D eigenvalue weighted by atomic mass is 32.2. The number of carbonyl (C=O) groups is 1. The molecule has 0 unspecified atom stereocenters. The summed E-state index contributed by atoms with van der Waals surface area (Å²) in [5.74, 6) is 0.240. The molecule has 0 saturated carbocycles. The Labute approximate surface area is 159 Å². The standard InChI is InChI=1S/C18H18N4O2S2/c1-3-24-17(23)14-8-20-18(22-15(14)19)26-10-13-9-25-16(21-13)12-6-4-11(2)5-7-12/h4-9H,3,10H2,1-2H3,(H2,19,20,22). The van der Waals surface area contributed by atoms with Gasteiger partial charge in [-0.05, 0) is 13.8 Å². The number of rotatable bonds is 6. The van der Waals surface area contributed by atoms with Gasteiger partial charge in [-0.3, -0.25) is 0 Å². The summed E-state index contributed by atoms with van der Waals surface area (Å²) in [4.78, 5) is 24.7. The van der Waals surface area contributed by atoms with Crippen molar-refractivity contribution in [1.29, 1.82) is 0 Å². The molecule has 26 heavy (non-hydrogen) atoms. The normalized spacial score (nSPS) is 10.7. The summed E-state index contributed by atoms with van der Waals surface area (Å²) >= 11 is 3.03. The SMILES string of the molecule is CCOC(=O)c1cnc(SCc2csc(-c3ccc(C)cc3)n2)nc1N. The number of esters is 1. The molecule has 0 aliphatic rings. The van der Waals surface area contributed by atoms with E-state index in [1.807, 2.05) is 5.38 Å². The third-order valence-electron chi connectivity index (χ3n) is 3.49. The molecule has 0 bridgehead atoms. The van der Waals surface area contributed by atoms with Crippen LogP contribution in [0.2, 0.25) is 0 Å². The van der Waals surface area contributed by atoms with Crippen LogP contribution in [-0.4, -0.2) is 27.5 Å². The lowest BCUT2D eigenvalue weighted by molar-refractivity contribution is 0.0526. The van der Waals surface area contributed by atoms with Gasteiger partial charge in [-0.1, -0.05) is 41.6 Å². The van der Waals surface area contributed by atoms with E-state index in [-0.39, 0.29) is 18.0 Å². The Hall–Kier alpha value is -2.45. The van der Waals surface area contributed by atoms with E-state index in [1.165, 1.54) is 23.5 Å². The van der Waals surface area contributed by atoms with Crippen LogP contribution < -0.4 is 5.73 Å². The molecular formula is C18H18N4O2S2. The molecular weight excluding hydrogens is 368 g/mol. The van der Waals surface area contributed by atoms with Crippen LogP contribution >= 0.6 is 23.1 Å². The van der Waals surface area contributed by atoms with Crippen molar-refractivity contribution >= 4 is 34.9 Å². The molecule has 0 saturated heterocycles. The molecule has 2 aromatic heterocycles. The number of aryl methyl sites for hydroxylation is 1. The topological polar surface area (TPSA) is 91.0 Å². The Balaban J connectivity index is 1.65. The Morgan fingerprint density at radius 1 is 1.27 bits per heavy atom. The molecule has 0 aliphatic carbocycles. The van der Waals surface area contributed by atoms with Gasteiger partial charge in [-0.25, -0.2) is 19.7 Å². The molecule has 8 heteroatoms. The molecule has 2 heterocycles. The number of hydrogen-bond acceptors (Lipinski definition) is 8. The van der Waals surface area contributed by atoms with Crippen LogP contribution in [0.3, 0.4) is 0 Å². The first-order chi connectivity index (χ1) is 12.6. The van der Waals surface area contributed by atoms with Crippen molar-refractivity contribution in [3.8, 4) is 10.6 Å². The number of thiazole rings is 1. The highest BCUT2D eigenvalue weighted by Gasteiger charge is 2.14. The number of thioether (sulfide) groups is 1. The average Bonchev–Trinajstić information content (AvgIpc) is 3.10. The van der Waals surface area contributed by atoms with Crippen LogP contribution in [0.4, 0.5) is 5.82 Å². The zero-order chi connectivity index (χ0) is 18.5. The second kappa shape index (κ2) is 8.29. The second-order valence-corrected chi connectivity index (χ2v) is 7.27. The number of nitrogens with two attached hydrogens (primary N) is 1. The van der Waals surface area contributed by atoms with Gasteiger partial charge >= 0.3 is 5.97 Å². The maximum absolute atomic E-state index is 11.7. The van der Waals surface area contributed by atoms with Crippen LogP contribution in [0.1, 0.15) is 28.5 Å². The molecule has 6 nitrogen and oxygen atoms in total. The average molecular weight is 387 g/mol. The molecule has 0 atom stereocenters. The number of aromatic nitrogens is 3. The molecule has 0 amide bonds. The molecule has 2 N–H and O–H groups in total. The minimum Gasteiger partial charge on any atom is -0.462 e. The van der Waals surface area contributed by atoms with Crippen molar-refractivity contribution in [3.05, 3.63) is 52.7 Å². The summed E-state index contributed by atoms with van der Waals surface area (Å²) in [6, 6.07) is 8.30. The van der Waals surface area contributed by atoms with Gasteiger partial charge in [0.25, 0.3) is 0 Å². The van der Waals surface area contributed by atoms with E-state index in [9.17, 15) is 4.79 Å². The zero-order valence-electron chi connectivity index (χ0n) is 14.4. The van der Waals surface area contributed by atoms with Gasteiger partial charge in [-0.15, -0.1) is 11.3 Å². The fourth-order valence-corrected chi connectivity index (χ4v) is 3.80.